The zero-order valence-electron chi connectivity index (χ0n) is 8.52. The molecule has 0 saturated carbocycles. The minimum atomic E-state index is -0.618. The number of rotatable bonds is 3. The molecule has 0 fully saturated rings. The smallest absolute Gasteiger partial charge is 0.341 e. The molecule has 86 valence electrons. The Morgan fingerprint density at radius 1 is 1.44 bits per heavy atom. The van der Waals surface area contributed by atoms with E-state index in [0.717, 1.165) is 6.07 Å². The van der Waals surface area contributed by atoms with Gasteiger partial charge in [0.2, 0.25) is 0 Å². The minimum Gasteiger partial charge on any atom is -0.496 e. The van der Waals surface area contributed by atoms with Gasteiger partial charge in [0.15, 0.2) is 0 Å². The van der Waals surface area contributed by atoms with Crippen molar-refractivity contribution in [2.75, 3.05) is 14.2 Å². The first-order chi connectivity index (χ1) is 7.51. The Kier molecular flexibility index (Phi) is 3.83. The van der Waals surface area contributed by atoms with E-state index in [-0.39, 0.29) is 21.5 Å². The SMILES string of the molecule is COC(=O)c1cc(Br)c([N+](=O)[O-])cc1OC. The molecule has 1 aromatic carbocycles. The highest BCUT2D eigenvalue weighted by atomic mass is 79.9. The highest BCUT2D eigenvalue weighted by Gasteiger charge is 2.21. The summed E-state index contributed by atoms with van der Waals surface area (Å²) in [4.78, 5) is 21.4. The van der Waals surface area contributed by atoms with Gasteiger partial charge >= 0.3 is 5.97 Å². The molecule has 0 amide bonds. The molecule has 0 radical (unpaired) electrons. The van der Waals surface area contributed by atoms with Gasteiger partial charge in [0, 0.05) is 0 Å². The molecule has 7 heteroatoms. The summed E-state index contributed by atoms with van der Waals surface area (Å²) in [6.45, 7) is 0. The second-order valence-electron chi connectivity index (χ2n) is 2.75. The fraction of sp³-hybridized carbons (Fsp3) is 0.222. The number of carbonyl (C=O) groups is 1. The number of methoxy groups -OCH3 is 2. The molecule has 0 atom stereocenters. The molecule has 0 heterocycles. The van der Waals surface area contributed by atoms with Crippen molar-refractivity contribution in [2.24, 2.45) is 0 Å². The number of nitro benzene ring substituents is 1. The number of nitrogens with zero attached hydrogens (tertiary/aromatic N) is 1. The summed E-state index contributed by atoms with van der Waals surface area (Å²) in [7, 11) is 2.54. The number of esters is 1. The van der Waals surface area contributed by atoms with Crippen molar-refractivity contribution in [1.82, 2.24) is 0 Å². The quantitative estimate of drug-likeness (QED) is 0.484. The standard InChI is InChI=1S/C9H8BrNO5/c1-15-8-4-7(11(13)14)6(10)3-5(8)9(12)16-2/h3-4H,1-2H3. The molecule has 0 saturated heterocycles. The molecule has 0 spiro atoms. The Balaban J connectivity index is 3.37. The van der Waals surface area contributed by atoms with Gasteiger partial charge in [0.1, 0.15) is 11.3 Å². The highest BCUT2D eigenvalue weighted by molar-refractivity contribution is 9.10. The maximum atomic E-state index is 11.3. The van der Waals surface area contributed by atoms with Gasteiger partial charge in [-0.2, -0.15) is 0 Å². The number of hydrogen-bond donors (Lipinski definition) is 0. The minimum absolute atomic E-state index is 0.0988. The summed E-state index contributed by atoms with van der Waals surface area (Å²) in [5.74, 6) is -0.519. The van der Waals surface area contributed by atoms with E-state index in [1.807, 2.05) is 0 Å². The van der Waals surface area contributed by atoms with Crippen LogP contribution in [0.1, 0.15) is 10.4 Å². The molecule has 0 aliphatic carbocycles. The Hall–Kier alpha value is -1.63. The van der Waals surface area contributed by atoms with Crippen LogP contribution in [0.25, 0.3) is 0 Å². The van der Waals surface area contributed by atoms with Crippen LogP contribution in [0.5, 0.6) is 5.75 Å². The van der Waals surface area contributed by atoms with Crippen LogP contribution in [-0.2, 0) is 4.74 Å². The van der Waals surface area contributed by atoms with Crippen LogP contribution in [0.15, 0.2) is 16.6 Å². The Labute approximate surface area is 99.4 Å². The van der Waals surface area contributed by atoms with E-state index in [1.54, 1.807) is 0 Å². The van der Waals surface area contributed by atoms with Crippen LogP contribution >= 0.6 is 15.9 Å². The molecule has 6 nitrogen and oxygen atoms in total. The molecule has 0 aliphatic rings. The predicted octanol–water partition coefficient (Wildman–Crippen LogP) is 2.15. The van der Waals surface area contributed by atoms with Gasteiger partial charge < -0.3 is 9.47 Å². The third-order valence-corrected chi connectivity index (χ3v) is 2.51. The lowest BCUT2D eigenvalue weighted by Gasteiger charge is -2.07. The summed E-state index contributed by atoms with van der Waals surface area (Å²) in [6, 6.07) is 2.46. The fourth-order valence-corrected chi connectivity index (χ4v) is 1.61. The molecule has 0 unspecified atom stereocenters. The van der Waals surface area contributed by atoms with Gasteiger partial charge in [-0.3, -0.25) is 10.1 Å². The molecule has 0 N–H and O–H groups in total. The first-order valence-corrected chi connectivity index (χ1v) is 4.90. The zero-order chi connectivity index (χ0) is 12.3. The zero-order valence-corrected chi connectivity index (χ0v) is 10.1. The van der Waals surface area contributed by atoms with Crippen LogP contribution in [0, 0.1) is 10.1 Å². The molecular weight excluding hydrogens is 282 g/mol. The van der Waals surface area contributed by atoms with Crippen molar-refractivity contribution >= 4 is 27.6 Å². The fourth-order valence-electron chi connectivity index (χ4n) is 1.12. The van der Waals surface area contributed by atoms with Gasteiger partial charge in [-0.1, -0.05) is 0 Å². The second kappa shape index (κ2) is 4.93. The third kappa shape index (κ3) is 2.30. The van der Waals surface area contributed by atoms with Gasteiger partial charge in [-0.15, -0.1) is 0 Å². The number of benzene rings is 1. The summed E-state index contributed by atoms with van der Waals surface area (Å²) >= 11 is 3.00. The van der Waals surface area contributed by atoms with E-state index in [0.29, 0.717) is 0 Å². The van der Waals surface area contributed by atoms with Crippen LogP contribution in [0.4, 0.5) is 5.69 Å². The van der Waals surface area contributed by atoms with Gasteiger partial charge in [0.25, 0.3) is 5.69 Å². The van der Waals surface area contributed by atoms with E-state index in [4.69, 9.17) is 4.74 Å². The molecule has 0 aliphatic heterocycles. The number of carbonyl (C=O) groups excluding carboxylic acids is 1. The average molecular weight is 290 g/mol. The normalized spacial score (nSPS) is 9.69. The maximum Gasteiger partial charge on any atom is 0.341 e. The Morgan fingerprint density at radius 2 is 2.06 bits per heavy atom. The van der Waals surface area contributed by atoms with Crippen molar-refractivity contribution in [2.45, 2.75) is 0 Å². The lowest BCUT2D eigenvalue weighted by atomic mass is 10.2. The summed E-state index contributed by atoms with van der Waals surface area (Å²) in [6.07, 6.45) is 0. The van der Waals surface area contributed by atoms with E-state index >= 15 is 0 Å². The summed E-state index contributed by atoms with van der Waals surface area (Å²) < 4.78 is 9.61. The molecule has 0 bridgehead atoms. The van der Waals surface area contributed by atoms with Gasteiger partial charge in [-0.25, -0.2) is 4.79 Å². The number of hydrogen-bond acceptors (Lipinski definition) is 5. The van der Waals surface area contributed by atoms with E-state index in [1.165, 1.54) is 20.3 Å². The lowest BCUT2D eigenvalue weighted by molar-refractivity contribution is -0.385. The van der Waals surface area contributed by atoms with E-state index in [2.05, 4.69) is 20.7 Å². The van der Waals surface area contributed by atoms with Crippen molar-refractivity contribution < 1.29 is 19.2 Å². The van der Waals surface area contributed by atoms with Crippen molar-refractivity contribution in [3.8, 4) is 5.75 Å². The topological polar surface area (TPSA) is 78.7 Å². The van der Waals surface area contributed by atoms with Crippen molar-refractivity contribution in [1.29, 1.82) is 0 Å². The maximum absolute atomic E-state index is 11.3. The molecular formula is C9H8BrNO5. The van der Waals surface area contributed by atoms with Gasteiger partial charge in [0.05, 0.1) is 29.7 Å². The number of halogens is 1. The van der Waals surface area contributed by atoms with E-state index < -0.39 is 10.9 Å². The van der Waals surface area contributed by atoms with Crippen molar-refractivity contribution in [3.63, 3.8) is 0 Å². The Bertz CT molecular complexity index is 446. The third-order valence-electron chi connectivity index (χ3n) is 1.87. The molecule has 1 rings (SSSR count). The molecule has 1 aromatic rings. The molecule has 16 heavy (non-hydrogen) atoms. The Morgan fingerprint density at radius 3 is 2.50 bits per heavy atom. The monoisotopic (exact) mass is 289 g/mol. The lowest BCUT2D eigenvalue weighted by Crippen LogP contribution is -2.05. The van der Waals surface area contributed by atoms with Gasteiger partial charge in [-0.05, 0) is 22.0 Å². The second-order valence-corrected chi connectivity index (χ2v) is 3.61. The largest absolute Gasteiger partial charge is 0.496 e. The van der Waals surface area contributed by atoms with Crippen LogP contribution in [-0.4, -0.2) is 25.1 Å². The highest BCUT2D eigenvalue weighted by Crippen LogP contribution is 2.32. The number of ether oxygens (including phenoxy) is 2. The summed E-state index contributed by atoms with van der Waals surface area (Å²) in [5, 5.41) is 10.6. The first-order valence-electron chi connectivity index (χ1n) is 4.11. The molecule has 0 aromatic heterocycles. The first kappa shape index (κ1) is 12.4. The van der Waals surface area contributed by atoms with Crippen LogP contribution in [0.3, 0.4) is 0 Å². The predicted molar refractivity (Wildman–Crippen MR) is 58.7 cm³/mol. The van der Waals surface area contributed by atoms with E-state index in [9.17, 15) is 14.9 Å². The van der Waals surface area contributed by atoms with Crippen LogP contribution in [0.2, 0.25) is 0 Å². The van der Waals surface area contributed by atoms with Crippen LogP contribution < -0.4 is 4.74 Å². The average Bonchev–Trinajstić information content (AvgIpc) is 2.27. The number of nitro groups is 1. The van der Waals surface area contributed by atoms with Crippen molar-refractivity contribution in [3.05, 3.63) is 32.3 Å². The summed E-state index contributed by atoms with van der Waals surface area (Å²) in [5.41, 5.74) is -0.0491.